The Hall–Kier alpha value is -1.57. The van der Waals surface area contributed by atoms with Gasteiger partial charge in [0.15, 0.2) is 5.96 Å². The third-order valence-electron chi connectivity index (χ3n) is 3.84. The van der Waals surface area contributed by atoms with E-state index in [-0.39, 0.29) is 29.4 Å². The second-order valence-corrected chi connectivity index (χ2v) is 5.98. The van der Waals surface area contributed by atoms with Gasteiger partial charge in [0, 0.05) is 32.3 Å². The number of nitrogens with one attached hydrogen (secondary N) is 2. The van der Waals surface area contributed by atoms with E-state index in [1.165, 1.54) is 5.56 Å². The molecule has 0 spiro atoms. The monoisotopic (exact) mass is 427 g/mol. The zero-order chi connectivity index (χ0) is 16.0. The Balaban J connectivity index is 0.00000264. The molecule has 5 nitrogen and oxygen atoms in total. The van der Waals surface area contributed by atoms with Crippen LogP contribution in [0.5, 0.6) is 0 Å². The molecule has 126 valence electrons. The summed E-state index contributed by atoms with van der Waals surface area (Å²) in [6.45, 7) is 5.96. The lowest BCUT2D eigenvalue weighted by atomic mass is 9.85. The van der Waals surface area contributed by atoms with Crippen molar-refractivity contribution >= 4 is 29.9 Å². The predicted octanol–water partition coefficient (Wildman–Crippen LogP) is 2.68. The van der Waals surface area contributed by atoms with Crippen LogP contribution in [0.3, 0.4) is 0 Å². The first-order chi connectivity index (χ1) is 10.5. The molecule has 0 unspecified atom stereocenters. The SMILES string of the molecule is CN=C(NCc1ccnn1C)NCC(C)(C)c1ccccc1.I. The van der Waals surface area contributed by atoms with Crippen molar-refractivity contribution in [1.82, 2.24) is 20.4 Å². The molecule has 0 saturated heterocycles. The Bertz CT molecular complexity index is 619. The van der Waals surface area contributed by atoms with Crippen molar-refractivity contribution in [3.05, 3.63) is 53.9 Å². The molecule has 2 N–H and O–H groups in total. The van der Waals surface area contributed by atoms with Crippen LogP contribution in [0.1, 0.15) is 25.1 Å². The lowest BCUT2D eigenvalue weighted by Crippen LogP contribution is -2.43. The van der Waals surface area contributed by atoms with E-state index in [0.29, 0.717) is 6.54 Å². The van der Waals surface area contributed by atoms with Gasteiger partial charge in [0.1, 0.15) is 0 Å². The molecular weight excluding hydrogens is 401 g/mol. The van der Waals surface area contributed by atoms with Crippen LogP contribution < -0.4 is 10.6 Å². The van der Waals surface area contributed by atoms with Gasteiger partial charge < -0.3 is 10.6 Å². The van der Waals surface area contributed by atoms with Gasteiger partial charge in [-0.15, -0.1) is 24.0 Å². The van der Waals surface area contributed by atoms with Crippen LogP contribution in [-0.2, 0) is 19.0 Å². The number of aliphatic imine (C=N–C) groups is 1. The maximum atomic E-state index is 4.28. The number of aromatic nitrogens is 2. The quantitative estimate of drug-likeness (QED) is 0.439. The standard InChI is InChI=1S/C17H25N5.HI/c1-17(2,14-8-6-5-7-9-14)13-20-16(18-3)19-12-15-10-11-21-22(15)4;/h5-11H,12-13H2,1-4H3,(H2,18,19,20);1H. The maximum Gasteiger partial charge on any atom is 0.191 e. The molecule has 23 heavy (non-hydrogen) atoms. The van der Waals surface area contributed by atoms with Crippen LogP contribution in [0.15, 0.2) is 47.6 Å². The molecule has 2 aromatic rings. The lowest BCUT2D eigenvalue weighted by molar-refractivity contribution is 0.508. The minimum atomic E-state index is 0. The van der Waals surface area contributed by atoms with E-state index in [0.717, 1.165) is 18.2 Å². The van der Waals surface area contributed by atoms with Crippen LogP contribution in [0.25, 0.3) is 0 Å². The largest absolute Gasteiger partial charge is 0.356 e. The number of aryl methyl sites for hydroxylation is 1. The number of hydrogen-bond donors (Lipinski definition) is 2. The number of hydrogen-bond acceptors (Lipinski definition) is 2. The average molecular weight is 427 g/mol. The summed E-state index contributed by atoms with van der Waals surface area (Å²) >= 11 is 0. The van der Waals surface area contributed by atoms with E-state index in [9.17, 15) is 0 Å². The fraction of sp³-hybridized carbons (Fsp3) is 0.412. The molecule has 0 radical (unpaired) electrons. The van der Waals surface area contributed by atoms with Crippen LogP contribution in [0.4, 0.5) is 0 Å². The molecule has 0 atom stereocenters. The van der Waals surface area contributed by atoms with Crippen molar-refractivity contribution in [2.45, 2.75) is 25.8 Å². The van der Waals surface area contributed by atoms with Gasteiger partial charge in [-0.05, 0) is 11.6 Å². The van der Waals surface area contributed by atoms with Gasteiger partial charge >= 0.3 is 0 Å². The third-order valence-corrected chi connectivity index (χ3v) is 3.84. The second-order valence-electron chi connectivity index (χ2n) is 5.98. The first-order valence-corrected chi connectivity index (χ1v) is 7.50. The lowest BCUT2D eigenvalue weighted by Gasteiger charge is -2.26. The predicted molar refractivity (Wildman–Crippen MR) is 106 cm³/mol. The van der Waals surface area contributed by atoms with Gasteiger partial charge in [-0.2, -0.15) is 5.10 Å². The Kier molecular flexibility index (Phi) is 7.54. The van der Waals surface area contributed by atoms with E-state index in [1.807, 2.05) is 23.9 Å². The fourth-order valence-corrected chi connectivity index (χ4v) is 2.27. The molecule has 0 amide bonds. The molecule has 1 heterocycles. The van der Waals surface area contributed by atoms with Crippen LogP contribution in [-0.4, -0.2) is 29.3 Å². The van der Waals surface area contributed by atoms with Crippen molar-refractivity contribution in [3.63, 3.8) is 0 Å². The molecular formula is C17H26IN5. The summed E-state index contributed by atoms with van der Waals surface area (Å²) in [7, 11) is 3.72. The van der Waals surface area contributed by atoms with Crippen LogP contribution in [0.2, 0.25) is 0 Å². The highest BCUT2D eigenvalue weighted by atomic mass is 127. The zero-order valence-electron chi connectivity index (χ0n) is 14.2. The molecule has 0 aliphatic rings. The Morgan fingerprint density at radius 1 is 1.17 bits per heavy atom. The Morgan fingerprint density at radius 3 is 2.43 bits per heavy atom. The van der Waals surface area contributed by atoms with Gasteiger partial charge in [-0.3, -0.25) is 9.67 Å². The van der Waals surface area contributed by atoms with Crippen molar-refractivity contribution in [2.75, 3.05) is 13.6 Å². The zero-order valence-corrected chi connectivity index (χ0v) is 16.5. The van der Waals surface area contributed by atoms with E-state index >= 15 is 0 Å². The average Bonchev–Trinajstić information content (AvgIpc) is 2.93. The summed E-state index contributed by atoms with van der Waals surface area (Å²) in [6, 6.07) is 12.5. The smallest absolute Gasteiger partial charge is 0.191 e. The normalized spacial score (nSPS) is 11.7. The summed E-state index contributed by atoms with van der Waals surface area (Å²) in [5.74, 6) is 0.796. The number of nitrogens with zero attached hydrogens (tertiary/aromatic N) is 3. The van der Waals surface area contributed by atoms with E-state index in [1.54, 1.807) is 13.2 Å². The molecule has 1 aromatic heterocycles. The van der Waals surface area contributed by atoms with Gasteiger partial charge in [-0.1, -0.05) is 44.2 Å². The highest BCUT2D eigenvalue weighted by Crippen LogP contribution is 2.21. The minimum Gasteiger partial charge on any atom is -0.356 e. The van der Waals surface area contributed by atoms with E-state index in [4.69, 9.17) is 0 Å². The number of guanidine groups is 1. The van der Waals surface area contributed by atoms with Gasteiger partial charge in [0.25, 0.3) is 0 Å². The molecule has 0 aliphatic carbocycles. The topological polar surface area (TPSA) is 54.2 Å². The first kappa shape index (κ1) is 19.5. The maximum absolute atomic E-state index is 4.28. The molecule has 1 aromatic carbocycles. The Labute approximate surface area is 155 Å². The number of rotatable bonds is 5. The van der Waals surface area contributed by atoms with Crippen LogP contribution in [0, 0.1) is 0 Å². The van der Waals surface area contributed by atoms with E-state index in [2.05, 4.69) is 58.8 Å². The van der Waals surface area contributed by atoms with Gasteiger partial charge in [0.2, 0.25) is 0 Å². The van der Waals surface area contributed by atoms with Crippen molar-refractivity contribution in [3.8, 4) is 0 Å². The molecule has 0 aliphatic heterocycles. The summed E-state index contributed by atoms with van der Waals surface area (Å²) in [5, 5.41) is 10.9. The molecule has 0 fully saturated rings. The fourth-order valence-electron chi connectivity index (χ4n) is 2.27. The van der Waals surface area contributed by atoms with Crippen molar-refractivity contribution in [1.29, 1.82) is 0 Å². The summed E-state index contributed by atoms with van der Waals surface area (Å²) in [6.07, 6.45) is 1.80. The Morgan fingerprint density at radius 2 is 1.87 bits per heavy atom. The highest BCUT2D eigenvalue weighted by Gasteiger charge is 2.20. The summed E-state index contributed by atoms with van der Waals surface area (Å²) in [5.41, 5.74) is 2.46. The van der Waals surface area contributed by atoms with Gasteiger partial charge in [0.05, 0.1) is 12.2 Å². The number of benzene rings is 1. The molecule has 0 saturated carbocycles. The highest BCUT2D eigenvalue weighted by molar-refractivity contribution is 14.0. The molecule has 6 heteroatoms. The van der Waals surface area contributed by atoms with Crippen molar-refractivity contribution in [2.24, 2.45) is 12.0 Å². The molecule has 0 bridgehead atoms. The van der Waals surface area contributed by atoms with E-state index < -0.39 is 0 Å². The minimum absolute atomic E-state index is 0. The third kappa shape index (κ3) is 5.53. The summed E-state index contributed by atoms with van der Waals surface area (Å²) in [4.78, 5) is 4.28. The molecule has 2 rings (SSSR count). The second kappa shape index (κ2) is 8.90. The summed E-state index contributed by atoms with van der Waals surface area (Å²) < 4.78 is 1.86. The number of halogens is 1. The van der Waals surface area contributed by atoms with Crippen molar-refractivity contribution < 1.29 is 0 Å². The first-order valence-electron chi connectivity index (χ1n) is 7.50. The van der Waals surface area contributed by atoms with Crippen LogP contribution >= 0.6 is 24.0 Å². The van der Waals surface area contributed by atoms with Gasteiger partial charge in [-0.25, -0.2) is 0 Å².